The van der Waals surface area contributed by atoms with Crippen molar-refractivity contribution in [1.82, 2.24) is 10.7 Å². The fraction of sp³-hybridized carbons (Fsp3) is 0.417. The van der Waals surface area contributed by atoms with Gasteiger partial charge in [-0.25, -0.2) is 5.43 Å². The third-order valence-corrected chi connectivity index (χ3v) is 2.18. The van der Waals surface area contributed by atoms with Gasteiger partial charge in [0.15, 0.2) is 0 Å². The summed E-state index contributed by atoms with van der Waals surface area (Å²) in [4.78, 5) is 11.8. The molecule has 0 bridgehead atoms. The lowest BCUT2D eigenvalue weighted by Crippen LogP contribution is -2.30. The first kappa shape index (κ1) is 12.5. The molecule has 0 atom stereocenters. The number of hydrazine groups is 1. The maximum atomic E-state index is 11.8. The molecule has 0 fully saturated rings. The predicted molar refractivity (Wildman–Crippen MR) is 66.5 cm³/mol. The molecule has 0 spiro atoms. The Balaban J connectivity index is 2.89. The fourth-order valence-electron chi connectivity index (χ4n) is 1.38. The van der Waals surface area contributed by atoms with Crippen LogP contribution in [0.3, 0.4) is 0 Å². The Bertz CT molecular complexity index is 375. The van der Waals surface area contributed by atoms with Gasteiger partial charge in [-0.2, -0.15) is 0 Å². The van der Waals surface area contributed by atoms with Crippen LogP contribution in [0.15, 0.2) is 18.2 Å². The summed E-state index contributed by atoms with van der Waals surface area (Å²) < 4.78 is 0. The Kier molecular flexibility index (Phi) is 4.31. The van der Waals surface area contributed by atoms with Gasteiger partial charge in [-0.3, -0.25) is 4.79 Å². The van der Waals surface area contributed by atoms with Crippen molar-refractivity contribution in [2.45, 2.75) is 26.8 Å². The zero-order valence-electron chi connectivity index (χ0n) is 10.2. The quantitative estimate of drug-likeness (QED) is 0.678. The molecule has 1 rings (SSSR count). The lowest BCUT2D eigenvalue weighted by atomic mass is 10.1. The normalized spacial score (nSPS) is 10.3. The van der Waals surface area contributed by atoms with Crippen LogP contribution >= 0.6 is 0 Å². The summed E-state index contributed by atoms with van der Waals surface area (Å²) >= 11 is 0. The number of carbonyl (C=O) groups is 1. The van der Waals surface area contributed by atoms with Crippen molar-refractivity contribution in [3.05, 3.63) is 29.3 Å². The van der Waals surface area contributed by atoms with E-state index < -0.39 is 0 Å². The predicted octanol–water partition coefficient (Wildman–Crippen LogP) is 1.68. The maximum absolute atomic E-state index is 11.8. The Hall–Kier alpha value is -1.55. The number of amides is 1. The molecule has 0 heterocycles. The SMILES string of the molecule is CNNc1cc(C(=O)NC(C)C)ccc1C. The molecule has 1 aromatic carbocycles. The second-order valence-corrected chi connectivity index (χ2v) is 4.03. The minimum atomic E-state index is -0.0471. The fourth-order valence-corrected chi connectivity index (χ4v) is 1.38. The van der Waals surface area contributed by atoms with E-state index in [1.807, 2.05) is 39.0 Å². The van der Waals surface area contributed by atoms with Gasteiger partial charge in [-0.05, 0) is 38.5 Å². The van der Waals surface area contributed by atoms with Crippen LogP contribution in [-0.2, 0) is 0 Å². The highest BCUT2D eigenvalue weighted by Gasteiger charge is 2.08. The summed E-state index contributed by atoms with van der Waals surface area (Å²) in [5.74, 6) is -0.0471. The lowest BCUT2D eigenvalue weighted by molar-refractivity contribution is 0.0943. The standard InChI is InChI=1S/C12H19N3O/c1-8(2)14-12(16)10-6-5-9(3)11(7-10)15-13-4/h5-8,13,15H,1-4H3,(H,14,16). The number of carbonyl (C=O) groups excluding carboxylic acids is 1. The molecule has 1 aromatic rings. The summed E-state index contributed by atoms with van der Waals surface area (Å²) in [7, 11) is 1.79. The second-order valence-electron chi connectivity index (χ2n) is 4.03. The van der Waals surface area contributed by atoms with Gasteiger partial charge >= 0.3 is 0 Å². The van der Waals surface area contributed by atoms with E-state index in [-0.39, 0.29) is 11.9 Å². The monoisotopic (exact) mass is 221 g/mol. The summed E-state index contributed by atoms with van der Waals surface area (Å²) in [6.07, 6.45) is 0. The zero-order chi connectivity index (χ0) is 12.1. The third-order valence-electron chi connectivity index (χ3n) is 2.18. The van der Waals surface area contributed by atoms with E-state index in [1.165, 1.54) is 0 Å². The number of nitrogens with one attached hydrogen (secondary N) is 3. The van der Waals surface area contributed by atoms with Gasteiger partial charge in [0.05, 0.1) is 5.69 Å². The third kappa shape index (κ3) is 3.24. The van der Waals surface area contributed by atoms with Crippen molar-refractivity contribution in [3.8, 4) is 0 Å². The molecule has 0 saturated carbocycles. The van der Waals surface area contributed by atoms with Crippen LogP contribution in [0.4, 0.5) is 5.69 Å². The topological polar surface area (TPSA) is 53.2 Å². The smallest absolute Gasteiger partial charge is 0.251 e. The van der Waals surface area contributed by atoms with Gasteiger partial charge in [0.1, 0.15) is 0 Å². The van der Waals surface area contributed by atoms with E-state index in [1.54, 1.807) is 7.05 Å². The molecule has 1 amide bonds. The number of rotatable bonds is 4. The van der Waals surface area contributed by atoms with E-state index >= 15 is 0 Å². The first-order valence-corrected chi connectivity index (χ1v) is 5.39. The Morgan fingerprint density at radius 1 is 1.31 bits per heavy atom. The minimum Gasteiger partial charge on any atom is -0.350 e. The summed E-state index contributed by atoms with van der Waals surface area (Å²) in [5.41, 5.74) is 8.52. The van der Waals surface area contributed by atoms with Crippen LogP contribution < -0.4 is 16.2 Å². The zero-order valence-corrected chi connectivity index (χ0v) is 10.2. The Morgan fingerprint density at radius 3 is 2.56 bits per heavy atom. The molecule has 0 aromatic heterocycles. The summed E-state index contributed by atoms with van der Waals surface area (Å²) in [5, 5.41) is 2.86. The molecule has 0 unspecified atom stereocenters. The molecule has 0 aliphatic heterocycles. The number of aryl methyl sites for hydroxylation is 1. The van der Waals surface area contributed by atoms with Crippen LogP contribution in [0.2, 0.25) is 0 Å². The molecule has 3 N–H and O–H groups in total. The molecule has 0 radical (unpaired) electrons. The van der Waals surface area contributed by atoms with E-state index in [2.05, 4.69) is 16.2 Å². The van der Waals surface area contributed by atoms with Gasteiger partial charge < -0.3 is 10.7 Å². The highest BCUT2D eigenvalue weighted by molar-refractivity contribution is 5.95. The van der Waals surface area contributed by atoms with Crippen molar-refractivity contribution in [1.29, 1.82) is 0 Å². The summed E-state index contributed by atoms with van der Waals surface area (Å²) in [6, 6.07) is 5.74. The Labute approximate surface area is 96.4 Å². The van der Waals surface area contributed by atoms with Crippen molar-refractivity contribution >= 4 is 11.6 Å². The largest absolute Gasteiger partial charge is 0.350 e. The molecule has 4 heteroatoms. The van der Waals surface area contributed by atoms with Crippen molar-refractivity contribution < 1.29 is 4.79 Å². The molecular formula is C12H19N3O. The molecule has 16 heavy (non-hydrogen) atoms. The van der Waals surface area contributed by atoms with E-state index in [0.29, 0.717) is 5.56 Å². The van der Waals surface area contributed by atoms with Crippen LogP contribution in [-0.4, -0.2) is 19.0 Å². The first-order valence-electron chi connectivity index (χ1n) is 5.39. The van der Waals surface area contributed by atoms with Crippen LogP contribution in [0.5, 0.6) is 0 Å². The number of benzene rings is 1. The van der Waals surface area contributed by atoms with Gasteiger partial charge in [0.25, 0.3) is 5.91 Å². The van der Waals surface area contributed by atoms with Gasteiger partial charge in [-0.1, -0.05) is 6.07 Å². The van der Waals surface area contributed by atoms with E-state index in [0.717, 1.165) is 11.3 Å². The maximum Gasteiger partial charge on any atom is 0.251 e. The highest BCUT2D eigenvalue weighted by Crippen LogP contribution is 2.15. The molecule has 0 aliphatic carbocycles. The Morgan fingerprint density at radius 2 is 2.00 bits per heavy atom. The second kappa shape index (κ2) is 5.51. The van der Waals surface area contributed by atoms with Crippen LogP contribution in [0.1, 0.15) is 29.8 Å². The van der Waals surface area contributed by atoms with Crippen LogP contribution in [0, 0.1) is 6.92 Å². The lowest BCUT2D eigenvalue weighted by Gasteiger charge is -2.12. The van der Waals surface area contributed by atoms with Gasteiger partial charge in [-0.15, -0.1) is 0 Å². The highest BCUT2D eigenvalue weighted by atomic mass is 16.1. The average Bonchev–Trinajstić information content (AvgIpc) is 2.20. The van der Waals surface area contributed by atoms with E-state index in [9.17, 15) is 4.79 Å². The van der Waals surface area contributed by atoms with Gasteiger partial charge in [0.2, 0.25) is 0 Å². The molecule has 0 saturated heterocycles. The molecular weight excluding hydrogens is 202 g/mol. The van der Waals surface area contributed by atoms with Crippen molar-refractivity contribution in [3.63, 3.8) is 0 Å². The van der Waals surface area contributed by atoms with Gasteiger partial charge in [0, 0.05) is 18.7 Å². The number of anilines is 1. The molecule has 0 aliphatic rings. The molecule has 4 nitrogen and oxygen atoms in total. The average molecular weight is 221 g/mol. The number of hydrogen-bond donors (Lipinski definition) is 3. The first-order chi connectivity index (χ1) is 7.54. The van der Waals surface area contributed by atoms with E-state index in [4.69, 9.17) is 0 Å². The minimum absolute atomic E-state index is 0.0471. The molecule has 88 valence electrons. The van der Waals surface area contributed by atoms with Crippen molar-refractivity contribution in [2.75, 3.05) is 12.5 Å². The summed E-state index contributed by atoms with van der Waals surface area (Å²) in [6.45, 7) is 5.88. The number of hydrogen-bond acceptors (Lipinski definition) is 3. The van der Waals surface area contributed by atoms with Crippen molar-refractivity contribution in [2.24, 2.45) is 0 Å². The van der Waals surface area contributed by atoms with Crippen LogP contribution in [0.25, 0.3) is 0 Å².